The molecule has 0 radical (unpaired) electrons. The number of benzene rings is 2. The van der Waals surface area contributed by atoms with Crippen LogP contribution < -0.4 is 4.90 Å². The molecule has 0 saturated carbocycles. The molecule has 2 aromatic rings. The summed E-state index contributed by atoms with van der Waals surface area (Å²) in [5.41, 5.74) is 3.85. The van der Waals surface area contributed by atoms with Gasteiger partial charge in [-0.05, 0) is 53.3 Å². The normalized spacial score (nSPS) is 15.8. The summed E-state index contributed by atoms with van der Waals surface area (Å²) < 4.78 is 12.1. The van der Waals surface area contributed by atoms with Gasteiger partial charge < -0.3 is 14.4 Å². The van der Waals surface area contributed by atoms with Gasteiger partial charge in [-0.2, -0.15) is 0 Å². The minimum absolute atomic E-state index is 0.194. The number of halogens is 1. The summed E-state index contributed by atoms with van der Waals surface area (Å²) >= 11 is 2.22. The smallest absolute Gasteiger partial charge is 0.292 e. The van der Waals surface area contributed by atoms with E-state index >= 15 is 0 Å². The molecular weight excluding hydrogens is 405 g/mol. The number of hydrogen-bond donors (Lipinski definition) is 0. The molecule has 1 heterocycles. The maximum Gasteiger partial charge on any atom is 0.292 e. The molecule has 0 unspecified atom stereocenters. The Morgan fingerprint density at radius 3 is 2.35 bits per heavy atom. The van der Waals surface area contributed by atoms with Gasteiger partial charge in [-0.1, -0.05) is 29.8 Å². The van der Waals surface area contributed by atoms with Gasteiger partial charge in [0.05, 0.1) is 12.2 Å². The van der Waals surface area contributed by atoms with E-state index in [4.69, 9.17) is 9.47 Å². The number of aryl methyl sites for hydroxylation is 1. The van der Waals surface area contributed by atoms with E-state index < -0.39 is 5.79 Å². The van der Waals surface area contributed by atoms with Crippen molar-refractivity contribution in [2.75, 3.05) is 19.1 Å². The Bertz CT molecular complexity index is 738. The largest absolute Gasteiger partial charge is 0.342 e. The summed E-state index contributed by atoms with van der Waals surface area (Å²) in [7, 11) is 3.00. The molecule has 1 aliphatic heterocycles. The number of fused-ring (bicyclic) bond motifs is 1. The van der Waals surface area contributed by atoms with Crippen molar-refractivity contribution in [3.63, 3.8) is 0 Å². The van der Waals surface area contributed by atoms with Crippen LogP contribution in [0, 0.1) is 10.5 Å². The first-order chi connectivity index (χ1) is 11.0. The molecule has 0 atom stereocenters. The van der Waals surface area contributed by atoms with Crippen molar-refractivity contribution in [1.82, 2.24) is 0 Å². The molecule has 0 bridgehead atoms. The molecule has 3 rings (SSSR count). The van der Waals surface area contributed by atoms with Gasteiger partial charge in [0, 0.05) is 23.4 Å². The highest BCUT2D eigenvalue weighted by Crippen LogP contribution is 2.44. The standard InChI is InChI=1S/C18H18INO3/c1-12-4-6-13(7-5-12)11-20-16-9-8-14(19)10-15(16)18(22-2,23-3)17(20)21/h4-10H,11H2,1-3H3. The second-order valence-electron chi connectivity index (χ2n) is 5.56. The Morgan fingerprint density at radius 2 is 1.74 bits per heavy atom. The van der Waals surface area contributed by atoms with E-state index in [9.17, 15) is 4.79 Å². The number of rotatable bonds is 4. The zero-order chi connectivity index (χ0) is 16.6. The number of amides is 1. The molecule has 1 amide bonds. The quantitative estimate of drug-likeness (QED) is 0.558. The fourth-order valence-corrected chi connectivity index (χ4v) is 3.41. The Hall–Kier alpha value is -1.44. The highest BCUT2D eigenvalue weighted by molar-refractivity contribution is 14.1. The van der Waals surface area contributed by atoms with E-state index in [1.165, 1.54) is 19.8 Å². The molecule has 0 N–H and O–H groups in total. The average molecular weight is 423 g/mol. The summed E-state index contributed by atoms with van der Waals surface area (Å²) in [6, 6.07) is 14.0. The number of methoxy groups -OCH3 is 2. The first-order valence-corrected chi connectivity index (χ1v) is 8.37. The van der Waals surface area contributed by atoms with Crippen molar-refractivity contribution < 1.29 is 14.3 Å². The molecule has 120 valence electrons. The second kappa shape index (κ2) is 6.22. The van der Waals surface area contributed by atoms with Crippen LogP contribution in [-0.4, -0.2) is 20.1 Å². The molecule has 0 spiro atoms. The van der Waals surface area contributed by atoms with Crippen molar-refractivity contribution in [3.05, 3.63) is 62.7 Å². The van der Waals surface area contributed by atoms with Crippen molar-refractivity contribution in [3.8, 4) is 0 Å². The number of hydrogen-bond acceptors (Lipinski definition) is 3. The lowest BCUT2D eigenvalue weighted by atomic mass is 10.1. The van der Waals surface area contributed by atoms with Gasteiger partial charge in [0.15, 0.2) is 0 Å². The van der Waals surface area contributed by atoms with Crippen LogP contribution in [0.4, 0.5) is 5.69 Å². The molecule has 0 fully saturated rings. The van der Waals surface area contributed by atoms with Crippen molar-refractivity contribution in [2.24, 2.45) is 0 Å². The predicted octanol–water partition coefficient (Wildman–Crippen LogP) is 3.59. The maximum atomic E-state index is 13.0. The Labute approximate surface area is 149 Å². The number of carbonyl (C=O) groups excluding carboxylic acids is 1. The van der Waals surface area contributed by atoms with Gasteiger partial charge in [0.25, 0.3) is 11.7 Å². The van der Waals surface area contributed by atoms with Crippen LogP contribution in [0.25, 0.3) is 0 Å². The lowest BCUT2D eigenvalue weighted by Crippen LogP contribution is -2.43. The molecule has 23 heavy (non-hydrogen) atoms. The van der Waals surface area contributed by atoms with Crippen molar-refractivity contribution in [2.45, 2.75) is 19.3 Å². The number of carbonyl (C=O) groups is 1. The number of ether oxygens (including phenoxy) is 2. The molecular formula is C18H18INO3. The van der Waals surface area contributed by atoms with E-state index in [0.29, 0.717) is 6.54 Å². The van der Waals surface area contributed by atoms with E-state index in [-0.39, 0.29) is 5.91 Å². The van der Waals surface area contributed by atoms with Crippen LogP contribution in [0.2, 0.25) is 0 Å². The van der Waals surface area contributed by atoms with Crippen molar-refractivity contribution >= 4 is 34.2 Å². The highest BCUT2D eigenvalue weighted by atomic mass is 127. The molecule has 4 nitrogen and oxygen atoms in total. The average Bonchev–Trinajstić information content (AvgIpc) is 2.78. The topological polar surface area (TPSA) is 38.8 Å². The van der Waals surface area contributed by atoms with Gasteiger partial charge in [-0.3, -0.25) is 4.79 Å². The van der Waals surface area contributed by atoms with Gasteiger partial charge >= 0.3 is 0 Å². The molecule has 2 aromatic carbocycles. The Morgan fingerprint density at radius 1 is 1.09 bits per heavy atom. The predicted molar refractivity (Wildman–Crippen MR) is 97.2 cm³/mol. The van der Waals surface area contributed by atoms with E-state index in [2.05, 4.69) is 22.6 Å². The molecule has 0 aliphatic carbocycles. The lowest BCUT2D eigenvalue weighted by Gasteiger charge is -2.25. The van der Waals surface area contributed by atoms with E-state index in [0.717, 1.165) is 20.4 Å². The van der Waals surface area contributed by atoms with Crippen LogP contribution in [0.5, 0.6) is 0 Å². The Kier molecular flexibility index (Phi) is 4.44. The molecule has 0 saturated heterocycles. The minimum Gasteiger partial charge on any atom is -0.342 e. The SMILES string of the molecule is COC1(OC)C(=O)N(Cc2ccc(C)cc2)c2ccc(I)cc21. The maximum absolute atomic E-state index is 13.0. The van der Waals surface area contributed by atoms with Crippen LogP contribution >= 0.6 is 22.6 Å². The second-order valence-corrected chi connectivity index (χ2v) is 6.81. The summed E-state index contributed by atoms with van der Waals surface area (Å²) in [4.78, 5) is 14.7. The highest BCUT2D eigenvalue weighted by Gasteiger charge is 2.52. The third-order valence-corrected chi connectivity index (χ3v) is 4.84. The summed E-state index contributed by atoms with van der Waals surface area (Å²) in [6.07, 6.45) is 0. The van der Waals surface area contributed by atoms with Crippen LogP contribution in [0.3, 0.4) is 0 Å². The minimum atomic E-state index is -1.36. The first kappa shape index (κ1) is 16.4. The van der Waals surface area contributed by atoms with Gasteiger partial charge in [0.1, 0.15) is 0 Å². The van der Waals surface area contributed by atoms with Crippen LogP contribution in [-0.2, 0) is 26.6 Å². The lowest BCUT2D eigenvalue weighted by molar-refractivity contribution is -0.209. The third kappa shape index (κ3) is 2.66. The van der Waals surface area contributed by atoms with Crippen LogP contribution in [0.1, 0.15) is 16.7 Å². The zero-order valence-electron chi connectivity index (χ0n) is 13.3. The zero-order valence-corrected chi connectivity index (χ0v) is 15.5. The van der Waals surface area contributed by atoms with Crippen molar-refractivity contribution in [1.29, 1.82) is 0 Å². The number of nitrogens with zero attached hydrogens (tertiary/aromatic N) is 1. The van der Waals surface area contributed by atoms with Gasteiger partial charge in [-0.25, -0.2) is 0 Å². The van der Waals surface area contributed by atoms with Crippen LogP contribution in [0.15, 0.2) is 42.5 Å². The fourth-order valence-electron chi connectivity index (χ4n) is 2.92. The monoisotopic (exact) mass is 423 g/mol. The first-order valence-electron chi connectivity index (χ1n) is 7.29. The summed E-state index contributed by atoms with van der Waals surface area (Å²) in [5, 5.41) is 0. The molecule has 5 heteroatoms. The van der Waals surface area contributed by atoms with E-state index in [1.807, 2.05) is 49.4 Å². The molecule has 1 aliphatic rings. The summed E-state index contributed by atoms with van der Waals surface area (Å²) in [6.45, 7) is 2.53. The number of anilines is 1. The summed E-state index contributed by atoms with van der Waals surface area (Å²) in [5.74, 6) is -1.55. The van der Waals surface area contributed by atoms with E-state index in [1.54, 1.807) is 4.90 Å². The fraction of sp³-hybridized carbons (Fsp3) is 0.278. The Balaban J connectivity index is 2.05. The van der Waals surface area contributed by atoms with Gasteiger partial charge in [0.2, 0.25) is 0 Å². The van der Waals surface area contributed by atoms with Gasteiger partial charge in [-0.15, -0.1) is 0 Å². The molecule has 0 aromatic heterocycles. The third-order valence-electron chi connectivity index (χ3n) is 4.17.